The molecule has 3 heteroatoms. The van der Waals surface area contributed by atoms with Crippen molar-refractivity contribution in [3.05, 3.63) is 69.2 Å². The van der Waals surface area contributed by atoms with Gasteiger partial charge in [0.25, 0.3) is 0 Å². The summed E-state index contributed by atoms with van der Waals surface area (Å²) in [7, 11) is 0. The van der Waals surface area contributed by atoms with Crippen molar-refractivity contribution in [2.75, 3.05) is 0 Å². The molecule has 2 rings (SSSR count). The van der Waals surface area contributed by atoms with E-state index in [0.29, 0.717) is 6.42 Å². The minimum atomic E-state index is -0.126. The number of halogens is 2. The summed E-state index contributed by atoms with van der Waals surface area (Å²) in [5.41, 5.74) is 2.16. The van der Waals surface area contributed by atoms with Crippen molar-refractivity contribution in [2.45, 2.75) is 12.3 Å². The molecular formula is C15H11BrClN. The molecule has 0 aliphatic carbocycles. The van der Waals surface area contributed by atoms with Crippen molar-refractivity contribution in [3.8, 4) is 6.07 Å². The summed E-state index contributed by atoms with van der Waals surface area (Å²) in [6.45, 7) is 0. The molecule has 0 aliphatic rings. The van der Waals surface area contributed by atoms with Crippen molar-refractivity contribution in [3.63, 3.8) is 0 Å². The van der Waals surface area contributed by atoms with Gasteiger partial charge in [-0.15, -0.1) is 0 Å². The topological polar surface area (TPSA) is 23.8 Å². The first-order valence-electron chi connectivity index (χ1n) is 5.58. The van der Waals surface area contributed by atoms with E-state index in [4.69, 9.17) is 11.6 Å². The number of nitrogens with zero attached hydrogens (tertiary/aromatic N) is 1. The summed E-state index contributed by atoms with van der Waals surface area (Å²) in [4.78, 5) is 0. The standard InChI is InChI=1S/C15H11BrClN/c16-14-5-3-12(4-6-14)13(10-18)9-11-1-7-15(17)8-2-11/h1-8,13H,9H2. The molecule has 0 aromatic heterocycles. The quantitative estimate of drug-likeness (QED) is 0.784. The highest BCUT2D eigenvalue weighted by atomic mass is 79.9. The maximum atomic E-state index is 9.28. The molecule has 0 N–H and O–H groups in total. The molecule has 1 unspecified atom stereocenters. The second-order valence-corrected chi connectivity index (χ2v) is 5.42. The molecule has 0 radical (unpaired) electrons. The van der Waals surface area contributed by atoms with Gasteiger partial charge in [0, 0.05) is 9.50 Å². The zero-order valence-corrected chi connectivity index (χ0v) is 11.9. The average Bonchev–Trinajstić information content (AvgIpc) is 2.39. The molecule has 90 valence electrons. The minimum absolute atomic E-state index is 0.126. The van der Waals surface area contributed by atoms with Gasteiger partial charge in [0.05, 0.1) is 12.0 Å². The van der Waals surface area contributed by atoms with Crippen molar-refractivity contribution in [2.24, 2.45) is 0 Å². The number of rotatable bonds is 3. The molecule has 1 nitrogen and oxygen atoms in total. The lowest BCUT2D eigenvalue weighted by molar-refractivity contribution is 0.849. The third-order valence-electron chi connectivity index (χ3n) is 2.78. The molecule has 0 heterocycles. The Morgan fingerprint density at radius 3 is 2.22 bits per heavy atom. The van der Waals surface area contributed by atoms with E-state index >= 15 is 0 Å². The molecule has 0 spiro atoms. The first-order valence-corrected chi connectivity index (χ1v) is 6.75. The average molecular weight is 321 g/mol. The fourth-order valence-electron chi connectivity index (χ4n) is 1.79. The maximum Gasteiger partial charge on any atom is 0.0753 e. The highest BCUT2D eigenvalue weighted by molar-refractivity contribution is 9.10. The molecule has 18 heavy (non-hydrogen) atoms. The fourth-order valence-corrected chi connectivity index (χ4v) is 2.18. The van der Waals surface area contributed by atoms with Gasteiger partial charge in [-0.25, -0.2) is 0 Å². The maximum absolute atomic E-state index is 9.28. The Morgan fingerprint density at radius 2 is 1.67 bits per heavy atom. The van der Waals surface area contributed by atoms with Crippen LogP contribution in [0.3, 0.4) is 0 Å². The van der Waals surface area contributed by atoms with Crippen LogP contribution in [-0.2, 0) is 6.42 Å². The monoisotopic (exact) mass is 319 g/mol. The van der Waals surface area contributed by atoms with Crippen molar-refractivity contribution < 1.29 is 0 Å². The van der Waals surface area contributed by atoms with E-state index in [2.05, 4.69) is 22.0 Å². The second-order valence-electron chi connectivity index (χ2n) is 4.06. The second kappa shape index (κ2) is 6.04. The van der Waals surface area contributed by atoms with Gasteiger partial charge in [0.2, 0.25) is 0 Å². The molecular weight excluding hydrogens is 310 g/mol. The Labute approximate surface area is 120 Å². The highest BCUT2D eigenvalue weighted by Crippen LogP contribution is 2.23. The zero-order chi connectivity index (χ0) is 13.0. The predicted octanol–water partition coefficient (Wildman–Crippen LogP) is 4.95. The molecule has 1 atom stereocenters. The number of benzene rings is 2. The summed E-state index contributed by atoms with van der Waals surface area (Å²) >= 11 is 9.24. The minimum Gasteiger partial charge on any atom is -0.198 e. The van der Waals surface area contributed by atoms with Gasteiger partial charge in [0.15, 0.2) is 0 Å². The predicted molar refractivity (Wildman–Crippen MR) is 77.7 cm³/mol. The van der Waals surface area contributed by atoms with Crippen LogP contribution < -0.4 is 0 Å². The Hall–Kier alpha value is -1.30. The smallest absolute Gasteiger partial charge is 0.0753 e. The summed E-state index contributed by atoms with van der Waals surface area (Å²) in [5, 5.41) is 10.00. The molecule has 0 saturated heterocycles. The zero-order valence-electron chi connectivity index (χ0n) is 9.61. The van der Waals surface area contributed by atoms with Crippen LogP contribution in [0.25, 0.3) is 0 Å². The van der Waals surface area contributed by atoms with Crippen LogP contribution >= 0.6 is 27.5 Å². The van der Waals surface area contributed by atoms with E-state index in [1.54, 1.807) is 0 Å². The van der Waals surface area contributed by atoms with Crippen LogP contribution in [0, 0.1) is 11.3 Å². The molecule has 0 bridgehead atoms. The molecule has 0 amide bonds. The molecule has 0 fully saturated rings. The number of hydrogen-bond donors (Lipinski definition) is 0. The van der Waals surface area contributed by atoms with Crippen molar-refractivity contribution in [1.82, 2.24) is 0 Å². The van der Waals surface area contributed by atoms with Crippen LogP contribution in [-0.4, -0.2) is 0 Å². The lowest BCUT2D eigenvalue weighted by Crippen LogP contribution is -2.00. The van der Waals surface area contributed by atoms with Gasteiger partial charge in [-0.2, -0.15) is 5.26 Å². The van der Waals surface area contributed by atoms with Crippen LogP contribution in [0.5, 0.6) is 0 Å². The lowest BCUT2D eigenvalue weighted by atomic mass is 9.93. The van der Waals surface area contributed by atoms with Crippen LogP contribution in [0.2, 0.25) is 5.02 Å². The van der Waals surface area contributed by atoms with Crippen molar-refractivity contribution >= 4 is 27.5 Å². The van der Waals surface area contributed by atoms with Gasteiger partial charge in [-0.1, -0.05) is 51.8 Å². The summed E-state index contributed by atoms with van der Waals surface area (Å²) in [6.07, 6.45) is 0.704. The van der Waals surface area contributed by atoms with Crippen LogP contribution in [0.4, 0.5) is 0 Å². The molecule has 2 aromatic carbocycles. The molecule has 0 aliphatic heterocycles. The summed E-state index contributed by atoms with van der Waals surface area (Å²) < 4.78 is 1.02. The normalized spacial score (nSPS) is 11.8. The van der Waals surface area contributed by atoms with E-state index in [1.165, 1.54) is 0 Å². The first kappa shape index (κ1) is 13.1. The Balaban J connectivity index is 2.17. The third kappa shape index (κ3) is 3.35. The Morgan fingerprint density at radius 1 is 1.06 bits per heavy atom. The summed E-state index contributed by atoms with van der Waals surface area (Å²) in [5.74, 6) is -0.126. The van der Waals surface area contributed by atoms with Crippen molar-refractivity contribution in [1.29, 1.82) is 5.26 Å². The van der Waals surface area contributed by atoms with Crippen LogP contribution in [0.15, 0.2) is 53.0 Å². The SMILES string of the molecule is N#CC(Cc1ccc(Cl)cc1)c1ccc(Br)cc1. The van der Waals surface area contributed by atoms with Gasteiger partial charge >= 0.3 is 0 Å². The van der Waals surface area contributed by atoms with Gasteiger partial charge < -0.3 is 0 Å². The third-order valence-corrected chi connectivity index (χ3v) is 3.56. The molecule has 2 aromatic rings. The largest absolute Gasteiger partial charge is 0.198 e. The van der Waals surface area contributed by atoms with E-state index in [1.807, 2.05) is 48.5 Å². The van der Waals surface area contributed by atoms with Gasteiger partial charge in [-0.3, -0.25) is 0 Å². The Kier molecular flexibility index (Phi) is 4.41. The van der Waals surface area contributed by atoms with E-state index in [0.717, 1.165) is 20.6 Å². The van der Waals surface area contributed by atoms with E-state index < -0.39 is 0 Å². The highest BCUT2D eigenvalue weighted by Gasteiger charge is 2.11. The number of hydrogen-bond acceptors (Lipinski definition) is 1. The number of nitriles is 1. The fraction of sp³-hybridized carbons (Fsp3) is 0.133. The van der Waals surface area contributed by atoms with Crippen LogP contribution in [0.1, 0.15) is 17.0 Å². The van der Waals surface area contributed by atoms with E-state index in [9.17, 15) is 5.26 Å². The summed E-state index contributed by atoms with van der Waals surface area (Å²) in [6, 6.07) is 17.9. The first-order chi connectivity index (χ1) is 8.69. The van der Waals surface area contributed by atoms with E-state index in [-0.39, 0.29) is 5.92 Å². The Bertz CT molecular complexity index is 555. The van der Waals surface area contributed by atoms with Gasteiger partial charge in [-0.05, 0) is 41.8 Å². The molecule has 0 saturated carbocycles. The van der Waals surface area contributed by atoms with Gasteiger partial charge in [0.1, 0.15) is 0 Å². The lowest BCUT2D eigenvalue weighted by Gasteiger charge is -2.09.